The summed E-state index contributed by atoms with van der Waals surface area (Å²) in [4.78, 5) is 72.9. The Bertz CT molecular complexity index is 1890. The van der Waals surface area contributed by atoms with Crippen molar-refractivity contribution in [3.63, 3.8) is 0 Å². The fraction of sp³-hybridized carbons (Fsp3) is 0.951. The van der Waals surface area contributed by atoms with Crippen molar-refractivity contribution in [2.24, 2.45) is 0 Å². The van der Waals surface area contributed by atoms with Crippen molar-refractivity contribution in [1.29, 1.82) is 0 Å². The smallest absolute Gasteiger partial charge is 0.462 e. The van der Waals surface area contributed by atoms with E-state index in [-0.39, 0.29) is 25.7 Å². The first-order valence-corrected chi connectivity index (χ1v) is 45.3. The Hall–Kier alpha value is -1.94. The van der Waals surface area contributed by atoms with E-state index in [9.17, 15) is 43.2 Å². The molecule has 0 aromatic rings. The van der Waals surface area contributed by atoms with Crippen molar-refractivity contribution in [2.75, 3.05) is 39.6 Å². The van der Waals surface area contributed by atoms with E-state index >= 15 is 0 Å². The lowest BCUT2D eigenvalue weighted by Crippen LogP contribution is -2.30. The van der Waals surface area contributed by atoms with Crippen LogP contribution >= 0.6 is 15.6 Å². The van der Waals surface area contributed by atoms with Crippen LogP contribution in [0.15, 0.2) is 0 Å². The molecule has 100 heavy (non-hydrogen) atoms. The maximum Gasteiger partial charge on any atom is 0.472 e. The van der Waals surface area contributed by atoms with Crippen LogP contribution in [0.25, 0.3) is 0 Å². The highest BCUT2D eigenvalue weighted by Crippen LogP contribution is 2.45. The summed E-state index contributed by atoms with van der Waals surface area (Å²) < 4.78 is 68.6. The van der Waals surface area contributed by atoms with Crippen LogP contribution in [-0.4, -0.2) is 96.7 Å². The zero-order valence-electron chi connectivity index (χ0n) is 65.2. The van der Waals surface area contributed by atoms with Crippen molar-refractivity contribution in [2.45, 2.75) is 457 Å². The summed E-state index contributed by atoms with van der Waals surface area (Å²) in [5.74, 6) is -2.11. The Morgan fingerprint density at radius 2 is 0.400 bits per heavy atom. The molecule has 0 rings (SSSR count). The van der Waals surface area contributed by atoms with E-state index in [4.69, 9.17) is 37.0 Å². The number of aliphatic hydroxyl groups is 1. The number of phosphoric ester groups is 2. The number of hydrogen-bond donors (Lipinski definition) is 3. The largest absolute Gasteiger partial charge is 0.472 e. The molecule has 0 heterocycles. The molecule has 0 saturated carbocycles. The molecule has 0 aromatic carbocycles. The van der Waals surface area contributed by atoms with E-state index in [1.807, 2.05) is 0 Å². The van der Waals surface area contributed by atoms with Gasteiger partial charge in [-0.05, 0) is 25.7 Å². The second-order valence-electron chi connectivity index (χ2n) is 29.2. The van der Waals surface area contributed by atoms with Crippen LogP contribution in [0.4, 0.5) is 0 Å². The molecule has 0 bridgehead atoms. The van der Waals surface area contributed by atoms with Gasteiger partial charge in [-0.3, -0.25) is 37.3 Å². The van der Waals surface area contributed by atoms with E-state index in [1.54, 1.807) is 0 Å². The molecule has 19 heteroatoms. The number of carbonyl (C=O) groups excluding carboxylic acids is 4. The molecule has 0 spiro atoms. The molecule has 0 radical (unpaired) electrons. The molecule has 0 aromatic heterocycles. The zero-order chi connectivity index (χ0) is 73.2. The van der Waals surface area contributed by atoms with Crippen molar-refractivity contribution < 1.29 is 80.2 Å². The lowest BCUT2D eigenvalue weighted by atomic mass is 10.0. The first kappa shape index (κ1) is 98.1. The molecule has 5 atom stereocenters. The molecule has 0 aliphatic rings. The topological polar surface area (TPSA) is 237 Å². The van der Waals surface area contributed by atoms with Gasteiger partial charge in [0.1, 0.15) is 19.3 Å². The third-order valence-electron chi connectivity index (χ3n) is 19.1. The fourth-order valence-corrected chi connectivity index (χ4v) is 14.2. The average Bonchev–Trinajstić information content (AvgIpc) is 1.03. The van der Waals surface area contributed by atoms with Gasteiger partial charge in [0.15, 0.2) is 12.2 Å². The van der Waals surface area contributed by atoms with Gasteiger partial charge in [-0.2, -0.15) is 0 Å². The van der Waals surface area contributed by atoms with Gasteiger partial charge in [-0.1, -0.05) is 387 Å². The Labute approximate surface area is 613 Å². The summed E-state index contributed by atoms with van der Waals surface area (Å²) in [6.07, 6.45) is 68.1. The summed E-state index contributed by atoms with van der Waals surface area (Å²) in [5.41, 5.74) is 0. The Morgan fingerprint density at radius 3 is 0.590 bits per heavy atom. The monoisotopic (exact) mass is 1470 g/mol. The number of carbonyl (C=O) groups is 4. The van der Waals surface area contributed by atoms with Crippen molar-refractivity contribution in [3.05, 3.63) is 0 Å². The third kappa shape index (κ3) is 74.3. The van der Waals surface area contributed by atoms with Gasteiger partial charge >= 0.3 is 39.5 Å². The standard InChI is InChI=1S/C81H158O17P2/c1-5-9-13-17-21-25-29-31-33-35-37-39-41-43-45-47-51-54-58-62-66-79(84)92-72-77(98-81(86)68-64-60-56-52-48-46-44-42-40-38-36-34-32-30-26-22-18-14-10-6-2)74-96-100(89,90)94-70-75(82)69-93-99(87,88)95-73-76(97-80(85)67-63-59-55-50-28-24-20-16-12-8-4)71-91-78(83)65-61-57-53-49-27-23-19-15-11-7-3/h75-77,82H,5-74H2,1-4H3,(H,87,88)(H,89,90)/t75-,76+,77+/m0/s1. The van der Waals surface area contributed by atoms with E-state index in [0.29, 0.717) is 25.7 Å². The van der Waals surface area contributed by atoms with Crippen molar-refractivity contribution >= 4 is 39.5 Å². The van der Waals surface area contributed by atoms with Crippen LogP contribution in [0.5, 0.6) is 0 Å². The predicted molar refractivity (Wildman–Crippen MR) is 409 cm³/mol. The normalized spacial score (nSPS) is 13.8. The Morgan fingerprint density at radius 1 is 0.240 bits per heavy atom. The first-order valence-electron chi connectivity index (χ1n) is 42.3. The van der Waals surface area contributed by atoms with E-state index in [1.165, 1.54) is 270 Å². The van der Waals surface area contributed by atoms with Crippen LogP contribution in [0.3, 0.4) is 0 Å². The average molecular weight is 1470 g/mol. The predicted octanol–water partition coefficient (Wildman–Crippen LogP) is 24.6. The SMILES string of the molecule is CCCCCCCCCCCCCCCCCCCCCCC(=O)OC[C@H](COP(=O)(O)OC[C@@H](O)COP(=O)(O)OC[C@@H](COC(=O)CCCCCCCCCCCC)OC(=O)CCCCCCCCCCCC)OC(=O)CCCCCCCCCCCCCCCCCCCCCC. The van der Waals surface area contributed by atoms with Gasteiger partial charge in [0.2, 0.25) is 0 Å². The van der Waals surface area contributed by atoms with Gasteiger partial charge in [0.25, 0.3) is 0 Å². The van der Waals surface area contributed by atoms with E-state index < -0.39 is 97.5 Å². The van der Waals surface area contributed by atoms with Crippen molar-refractivity contribution in [3.8, 4) is 0 Å². The van der Waals surface area contributed by atoms with Gasteiger partial charge in [-0.15, -0.1) is 0 Å². The van der Waals surface area contributed by atoms with Crippen LogP contribution in [-0.2, 0) is 65.4 Å². The molecular formula is C81H158O17P2. The minimum absolute atomic E-state index is 0.107. The number of hydrogen-bond acceptors (Lipinski definition) is 15. The molecule has 3 N–H and O–H groups in total. The number of aliphatic hydroxyl groups excluding tert-OH is 1. The van der Waals surface area contributed by atoms with E-state index in [2.05, 4.69) is 27.7 Å². The quantitative estimate of drug-likeness (QED) is 0.0222. The molecule has 17 nitrogen and oxygen atoms in total. The van der Waals surface area contributed by atoms with E-state index in [0.717, 1.165) is 89.9 Å². The molecular weight excluding hydrogens is 1310 g/mol. The molecule has 594 valence electrons. The summed E-state index contributed by atoms with van der Waals surface area (Å²) >= 11 is 0. The van der Waals surface area contributed by atoms with Crippen LogP contribution in [0.1, 0.15) is 439 Å². The van der Waals surface area contributed by atoms with Gasteiger partial charge < -0.3 is 33.8 Å². The highest BCUT2D eigenvalue weighted by atomic mass is 31.2. The lowest BCUT2D eigenvalue weighted by molar-refractivity contribution is -0.161. The molecule has 2 unspecified atom stereocenters. The summed E-state index contributed by atoms with van der Waals surface area (Å²) in [6, 6.07) is 0. The number of esters is 4. The van der Waals surface area contributed by atoms with Crippen LogP contribution < -0.4 is 0 Å². The number of phosphoric acid groups is 2. The second kappa shape index (κ2) is 75.3. The van der Waals surface area contributed by atoms with Crippen LogP contribution in [0, 0.1) is 0 Å². The van der Waals surface area contributed by atoms with Crippen molar-refractivity contribution in [1.82, 2.24) is 0 Å². The third-order valence-corrected chi connectivity index (χ3v) is 21.0. The van der Waals surface area contributed by atoms with Gasteiger partial charge in [-0.25, -0.2) is 9.13 Å². The first-order chi connectivity index (χ1) is 48.7. The maximum atomic E-state index is 13.1. The molecule has 0 amide bonds. The molecule has 0 saturated heterocycles. The molecule has 0 aliphatic carbocycles. The highest BCUT2D eigenvalue weighted by molar-refractivity contribution is 7.47. The lowest BCUT2D eigenvalue weighted by Gasteiger charge is -2.21. The minimum Gasteiger partial charge on any atom is -0.462 e. The molecule has 0 aliphatic heterocycles. The van der Waals surface area contributed by atoms with Crippen LogP contribution in [0.2, 0.25) is 0 Å². The highest BCUT2D eigenvalue weighted by Gasteiger charge is 2.30. The van der Waals surface area contributed by atoms with Gasteiger partial charge in [0.05, 0.1) is 26.4 Å². The Kier molecular flexibility index (Phi) is 73.8. The summed E-state index contributed by atoms with van der Waals surface area (Å²) in [5, 5.41) is 10.6. The number of rotatable bonds is 82. The minimum atomic E-state index is -4.96. The zero-order valence-corrected chi connectivity index (χ0v) is 67.0. The summed E-state index contributed by atoms with van der Waals surface area (Å²) in [7, 11) is -9.91. The fourth-order valence-electron chi connectivity index (χ4n) is 12.6. The van der Waals surface area contributed by atoms with Gasteiger partial charge in [0, 0.05) is 25.7 Å². The molecule has 0 fully saturated rings. The Balaban J connectivity index is 5.18. The second-order valence-corrected chi connectivity index (χ2v) is 32.1. The number of ether oxygens (including phenoxy) is 4. The summed E-state index contributed by atoms with van der Waals surface area (Å²) in [6.45, 7) is 5.00. The maximum absolute atomic E-state index is 13.1. The number of unbranched alkanes of at least 4 members (excludes halogenated alkanes) is 56.